The van der Waals surface area contributed by atoms with Gasteiger partial charge in [0.1, 0.15) is 0 Å². The Morgan fingerprint density at radius 3 is 2.51 bits per heavy atom. The lowest BCUT2D eigenvalue weighted by Crippen LogP contribution is -2.28. The highest BCUT2D eigenvalue weighted by molar-refractivity contribution is 5.88. The van der Waals surface area contributed by atoms with Gasteiger partial charge in [0.2, 0.25) is 5.91 Å². The van der Waals surface area contributed by atoms with E-state index in [4.69, 9.17) is 4.99 Å². The number of aliphatic imine (C=N–C) groups is 1. The van der Waals surface area contributed by atoms with Crippen molar-refractivity contribution in [1.82, 2.24) is 10.3 Å². The summed E-state index contributed by atoms with van der Waals surface area (Å²) in [5.74, 6) is 0.751. The van der Waals surface area contributed by atoms with E-state index in [0.29, 0.717) is 18.9 Å². The number of unbranched alkanes of at least 4 members (excludes halogenated alkanes) is 1. The molecule has 1 aliphatic rings. The molecule has 0 aliphatic heterocycles. The minimum atomic E-state index is 0.107. The molecule has 0 unspecified atom stereocenters. The van der Waals surface area contributed by atoms with Crippen LogP contribution in [0.15, 0.2) is 59.7 Å². The topological polar surface area (TPSA) is 56.7 Å². The van der Waals surface area contributed by atoms with Crippen LogP contribution in [0.2, 0.25) is 0 Å². The summed E-state index contributed by atoms with van der Waals surface area (Å²) in [6, 6.07) is 16.4. The van der Waals surface area contributed by atoms with Crippen molar-refractivity contribution in [1.29, 1.82) is 0 Å². The third kappa shape index (κ3) is 9.15. The highest BCUT2D eigenvalue weighted by atomic mass is 16.2. The molecule has 1 amide bonds. The summed E-state index contributed by atoms with van der Waals surface area (Å²) in [6.07, 6.45) is 12.5. The molecule has 1 saturated carbocycles. The molecule has 0 saturated heterocycles. The first-order chi connectivity index (χ1) is 18.0. The van der Waals surface area contributed by atoms with Gasteiger partial charge < -0.3 is 10.3 Å². The predicted molar refractivity (Wildman–Crippen MR) is 158 cm³/mol. The Balaban J connectivity index is 1.77. The zero-order valence-electron chi connectivity index (χ0n) is 23.4. The Morgan fingerprint density at radius 1 is 1.05 bits per heavy atom. The van der Waals surface area contributed by atoms with E-state index in [1.54, 1.807) is 4.90 Å². The fourth-order valence-corrected chi connectivity index (χ4v) is 5.00. The highest BCUT2D eigenvalue weighted by Gasteiger charge is 2.19. The van der Waals surface area contributed by atoms with Gasteiger partial charge in [0.15, 0.2) is 0 Å². The number of carbonyl (C=O) groups excluding carboxylic acids is 1. The van der Waals surface area contributed by atoms with E-state index in [1.165, 1.54) is 50.7 Å². The van der Waals surface area contributed by atoms with Crippen LogP contribution in [0, 0.1) is 5.92 Å². The van der Waals surface area contributed by atoms with Crippen molar-refractivity contribution in [3.8, 4) is 0 Å². The fourth-order valence-electron chi connectivity index (χ4n) is 5.00. The SMILES string of the molecule is CCCCC(=N/C=C(\C)c1ccc(CC(=O)N(C)Cc2ccccc2)cc1NNCC)C1CCCCC1. The predicted octanol–water partition coefficient (Wildman–Crippen LogP) is 7.40. The average molecular weight is 503 g/mol. The number of benzene rings is 2. The van der Waals surface area contributed by atoms with E-state index in [0.717, 1.165) is 40.9 Å². The van der Waals surface area contributed by atoms with Crippen LogP contribution in [-0.4, -0.2) is 30.1 Å². The van der Waals surface area contributed by atoms with E-state index in [-0.39, 0.29) is 5.91 Å². The number of anilines is 1. The lowest BCUT2D eigenvalue weighted by molar-refractivity contribution is -0.129. The molecule has 0 atom stereocenters. The molecule has 37 heavy (non-hydrogen) atoms. The molecule has 2 aromatic carbocycles. The molecule has 5 heteroatoms. The van der Waals surface area contributed by atoms with Crippen molar-refractivity contribution in [2.45, 2.75) is 85.1 Å². The number of amides is 1. The van der Waals surface area contributed by atoms with Gasteiger partial charge in [-0.15, -0.1) is 0 Å². The summed E-state index contributed by atoms with van der Waals surface area (Å²) in [5.41, 5.74) is 13.3. The molecule has 1 fully saturated rings. The van der Waals surface area contributed by atoms with Crippen molar-refractivity contribution >= 4 is 22.9 Å². The molecule has 0 heterocycles. The summed E-state index contributed by atoms with van der Waals surface area (Å²) >= 11 is 0. The molecule has 0 spiro atoms. The molecular formula is C32H46N4O. The first-order valence-corrected chi connectivity index (χ1v) is 14.1. The maximum absolute atomic E-state index is 12.9. The molecule has 3 rings (SSSR count). The standard InChI is InChI=1S/C32H46N4O/c1-5-7-18-30(28-16-12-9-13-17-28)33-23-25(3)29-20-19-27(21-31(29)35-34-6-2)22-32(37)36(4)24-26-14-10-8-11-15-26/h8,10-11,14-15,19-21,23,28,34-35H,5-7,9,12-13,16-18,22,24H2,1-4H3/b25-23+,33-30?. The molecule has 200 valence electrons. The summed E-state index contributed by atoms with van der Waals surface area (Å²) < 4.78 is 0. The highest BCUT2D eigenvalue weighted by Crippen LogP contribution is 2.29. The minimum Gasteiger partial charge on any atom is -0.341 e. The van der Waals surface area contributed by atoms with Gasteiger partial charge in [0, 0.05) is 37.6 Å². The molecule has 1 aliphatic carbocycles. The van der Waals surface area contributed by atoms with Crippen LogP contribution < -0.4 is 10.9 Å². The molecule has 2 N–H and O–H groups in total. The monoisotopic (exact) mass is 502 g/mol. The third-order valence-electron chi connectivity index (χ3n) is 7.24. The van der Waals surface area contributed by atoms with Gasteiger partial charge in [-0.25, -0.2) is 5.43 Å². The first kappa shape index (κ1) is 28.6. The average Bonchev–Trinajstić information content (AvgIpc) is 2.93. The van der Waals surface area contributed by atoms with Crippen LogP contribution in [0.3, 0.4) is 0 Å². The van der Waals surface area contributed by atoms with Crippen LogP contribution in [-0.2, 0) is 17.8 Å². The summed E-state index contributed by atoms with van der Waals surface area (Å²) in [5, 5.41) is 0. The molecule has 0 aromatic heterocycles. The van der Waals surface area contributed by atoms with Crippen molar-refractivity contribution in [2.75, 3.05) is 19.0 Å². The number of carbonyl (C=O) groups is 1. The number of hydrogen-bond donors (Lipinski definition) is 2. The van der Waals surface area contributed by atoms with Gasteiger partial charge >= 0.3 is 0 Å². The van der Waals surface area contributed by atoms with Crippen molar-refractivity contribution in [3.05, 3.63) is 71.4 Å². The minimum absolute atomic E-state index is 0.107. The largest absolute Gasteiger partial charge is 0.341 e. The lowest BCUT2D eigenvalue weighted by Gasteiger charge is -2.23. The molecule has 2 aromatic rings. The van der Waals surface area contributed by atoms with E-state index in [2.05, 4.69) is 68.2 Å². The van der Waals surface area contributed by atoms with Crippen molar-refractivity contribution in [2.24, 2.45) is 10.9 Å². The number of allylic oxidation sites excluding steroid dienone is 1. The molecule has 0 bridgehead atoms. The van der Waals surface area contributed by atoms with Crippen LogP contribution in [0.1, 0.15) is 88.8 Å². The Kier molecular flexibility index (Phi) is 11.9. The molecule has 0 radical (unpaired) electrons. The Bertz CT molecular complexity index is 1040. The second-order valence-electron chi connectivity index (χ2n) is 10.3. The first-order valence-electron chi connectivity index (χ1n) is 14.1. The smallest absolute Gasteiger partial charge is 0.227 e. The van der Waals surface area contributed by atoms with E-state index >= 15 is 0 Å². The number of likely N-dealkylation sites (N-methyl/N-ethyl adjacent to an activating group) is 1. The number of nitrogens with one attached hydrogen (secondary N) is 2. The van der Waals surface area contributed by atoms with Gasteiger partial charge in [-0.1, -0.05) is 82.0 Å². The quantitative estimate of drug-likeness (QED) is 0.222. The van der Waals surface area contributed by atoms with Crippen LogP contribution in [0.4, 0.5) is 5.69 Å². The zero-order chi connectivity index (χ0) is 26.5. The second kappa shape index (κ2) is 15.4. The van der Waals surface area contributed by atoms with E-state index in [9.17, 15) is 4.79 Å². The van der Waals surface area contributed by atoms with Crippen LogP contribution in [0.5, 0.6) is 0 Å². The molecule has 5 nitrogen and oxygen atoms in total. The summed E-state index contributed by atoms with van der Waals surface area (Å²) in [6.45, 7) is 7.86. The third-order valence-corrected chi connectivity index (χ3v) is 7.24. The van der Waals surface area contributed by atoms with Gasteiger partial charge in [-0.05, 0) is 61.3 Å². The number of hydrogen-bond acceptors (Lipinski definition) is 4. The molecular weight excluding hydrogens is 456 g/mol. The second-order valence-corrected chi connectivity index (χ2v) is 10.3. The number of hydrazine groups is 1. The van der Waals surface area contributed by atoms with Crippen molar-refractivity contribution in [3.63, 3.8) is 0 Å². The maximum Gasteiger partial charge on any atom is 0.227 e. The Morgan fingerprint density at radius 2 is 1.81 bits per heavy atom. The number of rotatable bonds is 13. The van der Waals surface area contributed by atoms with Gasteiger partial charge in [-0.2, -0.15) is 0 Å². The lowest BCUT2D eigenvalue weighted by atomic mass is 9.84. The maximum atomic E-state index is 12.9. The zero-order valence-corrected chi connectivity index (χ0v) is 23.4. The van der Waals surface area contributed by atoms with Gasteiger partial charge in [-0.3, -0.25) is 9.79 Å². The number of nitrogens with zero attached hydrogens (tertiary/aromatic N) is 2. The van der Waals surface area contributed by atoms with Gasteiger partial charge in [0.25, 0.3) is 0 Å². The Hall–Kier alpha value is -2.92. The fraction of sp³-hybridized carbons (Fsp3) is 0.500. The normalized spacial score (nSPS) is 15.0. The summed E-state index contributed by atoms with van der Waals surface area (Å²) in [7, 11) is 1.87. The van der Waals surface area contributed by atoms with E-state index in [1.807, 2.05) is 25.2 Å². The van der Waals surface area contributed by atoms with E-state index < -0.39 is 0 Å². The Labute approximate surface area is 224 Å². The van der Waals surface area contributed by atoms with Gasteiger partial charge in [0.05, 0.1) is 12.1 Å². The van der Waals surface area contributed by atoms with Crippen LogP contribution in [0.25, 0.3) is 5.57 Å². The summed E-state index contributed by atoms with van der Waals surface area (Å²) in [4.78, 5) is 19.8. The van der Waals surface area contributed by atoms with Crippen LogP contribution >= 0.6 is 0 Å². The van der Waals surface area contributed by atoms with Crippen molar-refractivity contribution < 1.29 is 4.79 Å².